The lowest BCUT2D eigenvalue weighted by Crippen LogP contribution is -2.58. The number of carbonyl (C=O) groups excluding carboxylic acids is 1. The lowest BCUT2D eigenvalue weighted by atomic mass is 9.76. The zero-order valence-corrected chi connectivity index (χ0v) is 9.72. The van der Waals surface area contributed by atoms with Crippen molar-refractivity contribution in [3.8, 4) is 0 Å². The summed E-state index contributed by atoms with van der Waals surface area (Å²) in [5, 5.41) is 2.02. The highest BCUT2D eigenvalue weighted by atomic mass is 32.1. The summed E-state index contributed by atoms with van der Waals surface area (Å²) < 4.78 is 0. The molecule has 15 heavy (non-hydrogen) atoms. The topological polar surface area (TPSA) is 46.3 Å². The molecule has 0 saturated heterocycles. The van der Waals surface area contributed by atoms with Crippen molar-refractivity contribution in [2.75, 3.05) is 7.05 Å². The molecule has 0 aliphatic heterocycles. The van der Waals surface area contributed by atoms with Gasteiger partial charge in [0.25, 0.3) is 0 Å². The quantitative estimate of drug-likeness (QED) is 0.847. The number of carbonyl (C=O) groups is 1. The van der Waals surface area contributed by atoms with E-state index < -0.39 is 5.54 Å². The van der Waals surface area contributed by atoms with E-state index in [2.05, 4.69) is 0 Å². The van der Waals surface area contributed by atoms with Gasteiger partial charge in [0.1, 0.15) is 0 Å². The van der Waals surface area contributed by atoms with Gasteiger partial charge in [-0.3, -0.25) is 4.79 Å². The van der Waals surface area contributed by atoms with E-state index in [4.69, 9.17) is 5.73 Å². The van der Waals surface area contributed by atoms with Crippen LogP contribution in [0.15, 0.2) is 17.5 Å². The fourth-order valence-electron chi connectivity index (χ4n) is 1.86. The molecule has 0 atom stereocenters. The lowest BCUT2D eigenvalue weighted by Gasteiger charge is -2.39. The van der Waals surface area contributed by atoms with Crippen molar-refractivity contribution in [2.24, 2.45) is 5.73 Å². The van der Waals surface area contributed by atoms with Crippen LogP contribution in [0, 0.1) is 0 Å². The van der Waals surface area contributed by atoms with E-state index in [1.165, 1.54) is 4.88 Å². The maximum absolute atomic E-state index is 12.0. The summed E-state index contributed by atoms with van der Waals surface area (Å²) in [6.07, 6.45) is 2.75. The maximum Gasteiger partial charge on any atom is 0.242 e. The summed E-state index contributed by atoms with van der Waals surface area (Å²) in [5.74, 6) is 0.0853. The number of thiophene rings is 1. The first-order chi connectivity index (χ1) is 7.12. The molecule has 1 aliphatic rings. The fourth-order valence-corrected chi connectivity index (χ4v) is 2.62. The third-order valence-corrected chi connectivity index (χ3v) is 3.85. The van der Waals surface area contributed by atoms with Gasteiger partial charge in [0.05, 0.1) is 12.1 Å². The lowest BCUT2D eigenvalue weighted by molar-refractivity contribution is -0.139. The third kappa shape index (κ3) is 2.06. The van der Waals surface area contributed by atoms with E-state index in [-0.39, 0.29) is 5.91 Å². The average Bonchev–Trinajstić information content (AvgIpc) is 2.65. The minimum atomic E-state index is -0.563. The van der Waals surface area contributed by atoms with E-state index in [0.29, 0.717) is 6.54 Å². The van der Waals surface area contributed by atoms with Gasteiger partial charge in [0.15, 0.2) is 0 Å². The highest BCUT2D eigenvalue weighted by Crippen LogP contribution is 2.31. The number of nitrogens with zero attached hydrogens (tertiary/aromatic N) is 1. The Morgan fingerprint density at radius 1 is 1.67 bits per heavy atom. The van der Waals surface area contributed by atoms with Gasteiger partial charge in [-0.2, -0.15) is 0 Å². The minimum Gasteiger partial charge on any atom is -0.339 e. The molecule has 0 spiro atoms. The van der Waals surface area contributed by atoms with Gasteiger partial charge >= 0.3 is 0 Å². The first-order valence-electron chi connectivity index (χ1n) is 5.19. The molecule has 1 heterocycles. The Bertz CT molecular complexity index is 343. The van der Waals surface area contributed by atoms with Gasteiger partial charge < -0.3 is 10.6 Å². The molecule has 1 aromatic rings. The van der Waals surface area contributed by atoms with Crippen molar-refractivity contribution in [2.45, 2.75) is 31.3 Å². The van der Waals surface area contributed by atoms with Crippen LogP contribution in [-0.4, -0.2) is 23.4 Å². The monoisotopic (exact) mass is 224 g/mol. The van der Waals surface area contributed by atoms with Crippen molar-refractivity contribution in [3.05, 3.63) is 22.4 Å². The van der Waals surface area contributed by atoms with Crippen molar-refractivity contribution in [1.82, 2.24) is 4.90 Å². The molecule has 0 bridgehead atoms. The van der Waals surface area contributed by atoms with Crippen LogP contribution in [0.4, 0.5) is 0 Å². The molecule has 0 unspecified atom stereocenters. The van der Waals surface area contributed by atoms with Gasteiger partial charge in [-0.1, -0.05) is 6.07 Å². The molecule has 2 rings (SSSR count). The summed E-state index contributed by atoms with van der Waals surface area (Å²) in [5.41, 5.74) is 5.42. The van der Waals surface area contributed by atoms with Crippen molar-refractivity contribution < 1.29 is 4.79 Å². The van der Waals surface area contributed by atoms with E-state index >= 15 is 0 Å². The SMILES string of the molecule is CN(Cc1cccs1)C(=O)C1(N)CCC1. The Hall–Kier alpha value is -0.870. The standard InChI is InChI=1S/C11H16N2OS/c1-13(8-9-4-2-7-15-9)10(14)11(12)5-3-6-11/h2,4,7H,3,5-6,8,12H2,1H3. The molecule has 1 saturated carbocycles. The summed E-state index contributed by atoms with van der Waals surface area (Å²) in [7, 11) is 1.83. The van der Waals surface area contributed by atoms with Crippen LogP contribution in [0.25, 0.3) is 0 Å². The molecule has 82 valence electrons. The number of nitrogens with two attached hydrogens (primary N) is 1. The van der Waals surface area contributed by atoms with Crippen LogP contribution < -0.4 is 5.73 Å². The molecule has 0 radical (unpaired) electrons. The average molecular weight is 224 g/mol. The van der Waals surface area contributed by atoms with Crippen LogP contribution >= 0.6 is 11.3 Å². The second-order valence-electron chi connectivity index (χ2n) is 4.25. The Morgan fingerprint density at radius 3 is 2.87 bits per heavy atom. The fraction of sp³-hybridized carbons (Fsp3) is 0.545. The molecule has 2 N–H and O–H groups in total. The predicted octanol–water partition coefficient (Wildman–Crippen LogP) is 1.59. The molecule has 4 heteroatoms. The second kappa shape index (κ2) is 3.94. The van der Waals surface area contributed by atoms with Crippen LogP contribution in [-0.2, 0) is 11.3 Å². The van der Waals surface area contributed by atoms with Crippen molar-refractivity contribution in [3.63, 3.8) is 0 Å². The zero-order valence-electron chi connectivity index (χ0n) is 8.90. The zero-order chi connectivity index (χ0) is 10.9. The number of likely N-dealkylation sites (N-methyl/N-ethyl adjacent to an activating group) is 1. The Balaban J connectivity index is 1.96. The predicted molar refractivity (Wildman–Crippen MR) is 61.6 cm³/mol. The summed E-state index contributed by atoms with van der Waals surface area (Å²) in [6.45, 7) is 0.676. The van der Waals surface area contributed by atoms with E-state index in [9.17, 15) is 4.79 Å². The molecule has 1 amide bonds. The van der Waals surface area contributed by atoms with Crippen molar-refractivity contribution >= 4 is 17.2 Å². The van der Waals surface area contributed by atoms with Crippen LogP contribution in [0.3, 0.4) is 0 Å². The summed E-state index contributed by atoms with van der Waals surface area (Å²) >= 11 is 1.67. The molecule has 1 fully saturated rings. The largest absolute Gasteiger partial charge is 0.339 e. The van der Waals surface area contributed by atoms with Gasteiger partial charge in [-0.25, -0.2) is 0 Å². The van der Waals surface area contributed by atoms with Crippen LogP contribution in [0.1, 0.15) is 24.1 Å². The third-order valence-electron chi connectivity index (χ3n) is 2.99. The molecular weight excluding hydrogens is 208 g/mol. The molecule has 1 aliphatic carbocycles. The van der Waals surface area contributed by atoms with Gasteiger partial charge in [-0.15, -0.1) is 11.3 Å². The van der Waals surface area contributed by atoms with E-state index in [0.717, 1.165) is 19.3 Å². The molecule has 3 nitrogen and oxygen atoms in total. The molecule has 0 aromatic carbocycles. The number of hydrogen-bond acceptors (Lipinski definition) is 3. The Kier molecular flexibility index (Phi) is 2.80. The first-order valence-corrected chi connectivity index (χ1v) is 6.07. The normalized spacial score (nSPS) is 18.3. The maximum atomic E-state index is 12.0. The second-order valence-corrected chi connectivity index (χ2v) is 5.28. The van der Waals surface area contributed by atoms with Crippen LogP contribution in [0.2, 0.25) is 0 Å². The van der Waals surface area contributed by atoms with E-state index in [1.54, 1.807) is 16.2 Å². The highest BCUT2D eigenvalue weighted by Gasteiger charge is 2.41. The Morgan fingerprint density at radius 2 is 2.40 bits per heavy atom. The number of rotatable bonds is 3. The van der Waals surface area contributed by atoms with Crippen molar-refractivity contribution in [1.29, 1.82) is 0 Å². The number of hydrogen-bond donors (Lipinski definition) is 1. The van der Waals surface area contributed by atoms with Crippen LogP contribution in [0.5, 0.6) is 0 Å². The highest BCUT2D eigenvalue weighted by molar-refractivity contribution is 7.09. The van der Waals surface area contributed by atoms with Gasteiger partial charge in [0.2, 0.25) is 5.91 Å². The molecule has 1 aromatic heterocycles. The molecular formula is C11H16N2OS. The summed E-state index contributed by atoms with van der Waals surface area (Å²) in [6, 6.07) is 4.04. The minimum absolute atomic E-state index is 0.0853. The van der Waals surface area contributed by atoms with E-state index in [1.807, 2.05) is 24.6 Å². The smallest absolute Gasteiger partial charge is 0.242 e. The van der Waals surface area contributed by atoms with Gasteiger partial charge in [0, 0.05) is 11.9 Å². The van der Waals surface area contributed by atoms with Gasteiger partial charge in [-0.05, 0) is 30.7 Å². The first kappa shape index (κ1) is 10.6. The summed E-state index contributed by atoms with van der Waals surface area (Å²) in [4.78, 5) is 14.9. The number of amides is 1. The Labute approximate surface area is 93.9 Å².